The maximum absolute atomic E-state index is 10.9. The molecule has 17 heavy (non-hydrogen) atoms. The fourth-order valence-corrected chi connectivity index (χ4v) is 2.76. The van der Waals surface area contributed by atoms with E-state index >= 15 is 0 Å². The monoisotopic (exact) mass is 247 g/mol. The highest BCUT2D eigenvalue weighted by Crippen LogP contribution is 2.28. The van der Waals surface area contributed by atoms with Crippen molar-refractivity contribution in [1.29, 1.82) is 0 Å². The average Bonchev–Trinajstić information content (AvgIpc) is 2.79. The molecule has 0 fully saturated rings. The molecule has 0 saturated heterocycles. The van der Waals surface area contributed by atoms with Gasteiger partial charge in [0.15, 0.2) is 5.65 Å². The van der Waals surface area contributed by atoms with Crippen LogP contribution in [-0.2, 0) is 7.05 Å². The summed E-state index contributed by atoms with van der Waals surface area (Å²) < 4.78 is 1.71. The van der Waals surface area contributed by atoms with Gasteiger partial charge >= 0.3 is 5.97 Å². The van der Waals surface area contributed by atoms with Crippen molar-refractivity contribution < 1.29 is 9.90 Å². The van der Waals surface area contributed by atoms with Gasteiger partial charge in [0.2, 0.25) is 0 Å². The third-order valence-corrected chi connectivity index (χ3v) is 3.73. The molecule has 0 aliphatic heterocycles. The van der Waals surface area contributed by atoms with E-state index in [1.807, 2.05) is 20.0 Å². The zero-order chi connectivity index (χ0) is 12.2. The van der Waals surface area contributed by atoms with Gasteiger partial charge in [0.25, 0.3) is 0 Å². The summed E-state index contributed by atoms with van der Waals surface area (Å²) in [6.07, 6.45) is 0. The molecule has 86 valence electrons. The second kappa shape index (κ2) is 3.27. The Morgan fingerprint density at radius 1 is 1.47 bits per heavy atom. The third-order valence-electron chi connectivity index (χ3n) is 2.70. The van der Waals surface area contributed by atoms with Crippen molar-refractivity contribution in [2.24, 2.45) is 7.05 Å². The van der Waals surface area contributed by atoms with Gasteiger partial charge in [-0.3, -0.25) is 4.68 Å². The summed E-state index contributed by atoms with van der Waals surface area (Å²) >= 11 is 1.19. The first-order valence-electron chi connectivity index (χ1n) is 5.03. The number of carboxylic acid groups (broad SMARTS) is 1. The molecule has 0 spiro atoms. The highest BCUT2D eigenvalue weighted by Gasteiger charge is 2.13. The average molecular weight is 247 g/mol. The number of fused-ring (bicyclic) bond motifs is 2. The largest absolute Gasteiger partial charge is 0.477 e. The molecule has 3 aromatic rings. The number of aromatic nitrogens is 3. The van der Waals surface area contributed by atoms with E-state index in [4.69, 9.17) is 5.11 Å². The zero-order valence-electron chi connectivity index (χ0n) is 9.26. The van der Waals surface area contributed by atoms with Crippen molar-refractivity contribution in [1.82, 2.24) is 14.8 Å². The normalized spacial score (nSPS) is 11.4. The van der Waals surface area contributed by atoms with Crippen LogP contribution in [0.2, 0.25) is 0 Å². The van der Waals surface area contributed by atoms with Crippen molar-refractivity contribution in [2.45, 2.75) is 6.92 Å². The molecule has 5 nitrogen and oxygen atoms in total. The summed E-state index contributed by atoms with van der Waals surface area (Å²) in [6.45, 7) is 1.92. The molecule has 0 aromatic carbocycles. The molecule has 0 aliphatic carbocycles. The fraction of sp³-hybridized carbons (Fsp3) is 0.182. The summed E-state index contributed by atoms with van der Waals surface area (Å²) in [5, 5.41) is 15.1. The Hall–Kier alpha value is -1.95. The molecule has 0 atom stereocenters. The Morgan fingerprint density at radius 3 is 2.94 bits per heavy atom. The van der Waals surface area contributed by atoms with E-state index in [9.17, 15) is 4.79 Å². The molecule has 1 N–H and O–H groups in total. The van der Waals surface area contributed by atoms with Crippen LogP contribution in [0.15, 0.2) is 12.1 Å². The van der Waals surface area contributed by atoms with Crippen LogP contribution in [0.5, 0.6) is 0 Å². The maximum atomic E-state index is 10.9. The van der Waals surface area contributed by atoms with Gasteiger partial charge in [-0.2, -0.15) is 5.10 Å². The predicted molar refractivity (Wildman–Crippen MR) is 65.6 cm³/mol. The summed E-state index contributed by atoms with van der Waals surface area (Å²) in [5.74, 6) is -0.910. The SMILES string of the molecule is Cc1nn(C)c2nc3sc(C(=O)O)cc3cc12. The molecule has 0 amide bonds. The van der Waals surface area contributed by atoms with Gasteiger partial charge < -0.3 is 5.11 Å². The van der Waals surface area contributed by atoms with Gasteiger partial charge in [0, 0.05) is 17.8 Å². The van der Waals surface area contributed by atoms with E-state index in [0.29, 0.717) is 4.88 Å². The summed E-state index contributed by atoms with van der Waals surface area (Å²) in [5.41, 5.74) is 1.69. The minimum atomic E-state index is -0.910. The van der Waals surface area contributed by atoms with Crippen molar-refractivity contribution in [2.75, 3.05) is 0 Å². The van der Waals surface area contributed by atoms with Crippen LogP contribution in [0.25, 0.3) is 21.3 Å². The van der Waals surface area contributed by atoms with E-state index in [1.54, 1.807) is 10.7 Å². The van der Waals surface area contributed by atoms with Crippen LogP contribution in [0.3, 0.4) is 0 Å². The summed E-state index contributed by atoms with van der Waals surface area (Å²) in [4.78, 5) is 16.4. The number of nitrogens with zero attached hydrogens (tertiary/aromatic N) is 3. The lowest BCUT2D eigenvalue weighted by molar-refractivity contribution is 0.0702. The predicted octanol–water partition coefficient (Wildman–Crippen LogP) is 2.19. The van der Waals surface area contributed by atoms with E-state index in [-0.39, 0.29) is 0 Å². The second-order valence-electron chi connectivity index (χ2n) is 3.88. The lowest BCUT2D eigenvalue weighted by Gasteiger charge is -1.93. The Labute approximate surface area is 100 Å². The number of hydrogen-bond acceptors (Lipinski definition) is 4. The smallest absolute Gasteiger partial charge is 0.345 e. The molecule has 0 bridgehead atoms. The van der Waals surface area contributed by atoms with Crippen LogP contribution >= 0.6 is 11.3 Å². The highest BCUT2D eigenvalue weighted by molar-refractivity contribution is 7.20. The van der Waals surface area contributed by atoms with Gasteiger partial charge in [-0.05, 0) is 19.1 Å². The molecular formula is C11H9N3O2S. The van der Waals surface area contributed by atoms with E-state index < -0.39 is 5.97 Å². The minimum Gasteiger partial charge on any atom is -0.477 e. The van der Waals surface area contributed by atoms with Crippen molar-refractivity contribution in [3.8, 4) is 0 Å². The van der Waals surface area contributed by atoms with Crippen LogP contribution in [0.1, 0.15) is 15.4 Å². The molecule has 0 saturated carbocycles. The molecule has 3 rings (SSSR count). The van der Waals surface area contributed by atoms with Crippen LogP contribution in [0.4, 0.5) is 0 Å². The number of thiophene rings is 1. The van der Waals surface area contributed by atoms with E-state index in [0.717, 1.165) is 26.9 Å². The molecule has 0 unspecified atom stereocenters. The van der Waals surface area contributed by atoms with E-state index in [1.165, 1.54) is 11.3 Å². The standard InChI is InChI=1S/C11H9N3O2S/c1-5-7-3-6-4-8(11(15)16)17-10(6)12-9(7)14(2)13-5/h3-4H,1-2H3,(H,15,16). The van der Waals surface area contributed by atoms with E-state index in [2.05, 4.69) is 10.1 Å². The molecule has 0 radical (unpaired) electrons. The first-order chi connectivity index (χ1) is 8.06. The molecule has 3 heterocycles. The summed E-state index contributed by atoms with van der Waals surface area (Å²) in [7, 11) is 1.83. The molecule has 6 heteroatoms. The molecule has 3 aromatic heterocycles. The number of carboxylic acids is 1. The number of hydrogen-bond donors (Lipinski definition) is 1. The van der Waals surface area contributed by atoms with Crippen molar-refractivity contribution in [3.63, 3.8) is 0 Å². The van der Waals surface area contributed by atoms with Gasteiger partial charge in [0.1, 0.15) is 9.71 Å². The lowest BCUT2D eigenvalue weighted by atomic mass is 10.2. The van der Waals surface area contributed by atoms with Crippen molar-refractivity contribution in [3.05, 3.63) is 22.7 Å². The lowest BCUT2D eigenvalue weighted by Crippen LogP contribution is -1.91. The quantitative estimate of drug-likeness (QED) is 0.715. The second-order valence-corrected chi connectivity index (χ2v) is 4.91. The van der Waals surface area contributed by atoms with Crippen LogP contribution in [-0.4, -0.2) is 25.8 Å². The zero-order valence-corrected chi connectivity index (χ0v) is 10.1. The number of pyridine rings is 1. The Bertz CT molecular complexity index is 703. The number of rotatable bonds is 1. The number of carbonyl (C=O) groups is 1. The summed E-state index contributed by atoms with van der Waals surface area (Å²) in [6, 6.07) is 3.60. The first-order valence-corrected chi connectivity index (χ1v) is 5.85. The minimum absolute atomic E-state index is 0.313. The molecular weight excluding hydrogens is 238 g/mol. The first kappa shape index (κ1) is 10.2. The van der Waals surface area contributed by atoms with Crippen molar-refractivity contribution >= 4 is 38.6 Å². The Balaban J connectivity index is 2.41. The highest BCUT2D eigenvalue weighted by atomic mass is 32.1. The topological polar surface area (TPSA) is 68.0 Å². The third kappa shape index (κ3) is 1.41. The Morgan fingerprint density at radius 2 is 2.24 bits per heavy atom. The van der Waals surface area contributed by atoms with Crippen LogP contribution in [0, 0.1) is 6.92 Å². The van der Waals surface area contributed by atoms with Crippen LogP contribution < -0.4 is 0 Å². The van der Waals surface area contributed by atoms with Gasteiger partial charge in [0.05, 0.1) is 5.69 Å². The number of aryl methyl sites for hydroxylation is 2. The molecule has 0 aliphatic rings. The number of aromatic carboxylic acids is 1. The Kier molecular flexibility index (Phi) is 1.97. The van der Waals surface area contributed by atoms with Gasteiger partial charge in [-0.25, -0.2) is 9.78 Å². The van der Waals surface area contributed by atoms with Gasteiger partial charge in [-0.1, -0.05) is 0 Å². The fourth-order valence-electron chi connectivity index (χ4n) is 1.91. The van der Waals surface area contributed by atoms with Gasteiger partial charge in [-0.15, -0.1) is 11.3 Å². The maximum Gasteiger partial charge on any atom is 0.345 e.